The predicted octanol–water partition coefficient (Wildman–Crippen LogP) is 2.16. The van der Waals surface area contributed by atoms with Gasteiger partial charge in [-0.05, 0) is 37.5 Å². The minimum absolute atomic E-state index is 0. The van der Waals surface area contributed by atoms with E-state index in [-0.39, 0.29) is 47.5 Å². The van der Waals surface area contributed by atoms with Crippen LogP contribution in [0.3, 0.4) is 0 Å². The largest absolute Gasteiger partial charge is 0.494 e. The number of benzene rings is 1. The number of rotatable bonds is 5. The molecule has 1 N–H and O–H groups in total. The minimum Gasteiger partial charge on any atom is -0.494 e. The molecular weight excluding hydrogens is 500 g/mol. The summed E-state index contributed by atoms with van der Waals surface area (Å²) < 4.78 is 18.8. The van der Waals surface area contributed by atoms with Crippen LogP contribution in [-0.2, 0) is 11.3 Å². The summed E-state index contributed by atoms with van der Waals surface area (Å²) >= 11 is 0. The number of aliphatic imine (C=N–C) groups is 1. The number of piperazine rings is 1. The standard InChI is InChI=1S/C21H32FN5O2.HI/c1-16(20(28)26-8-4-5-9-26)25-10-12-27(13-11-25)21(23-2)24-15-17-6-7-19(29-3)18(22)14-17;/h6-7,14,16H,4-5,8-13,15H2,1-3H3,(H,23,24);1H. The molecule has 7 nitrogen and oxygen atoms in total. The van der Waals surface area contributed by atoms with Crippen LogP contribution in [0, 0.1) is 5.82 Å². The number of nitrogens with one attached hydrogen (secondary N) is 1. The van der Waals surface area contributed by atoms with Crippen molar-refractivity contribution >= 4 is 35.8 Å². The maximum Gasteiger partial charge on any atom is 0.239 e. The number of hydrogen-bond donors (Lipinski definition) is 1. The molecule has 0 aromatic heterocycles. The van der Waals surface area contributed by atoms with Gasteiger partial charge in [-0.1, -0.05) is 6.07 Å². The van der Waals surface area contributed by atoms with Crippen LogP contribution in [0.1, 0.15) is 25.3 Å². The molecule has 2 aliphatic heterocycles. The zero-order valence-corrected chi connectivity index (χ0v) is 20.4. The summed E-state index contributed by atoms with van der Waals surface area (Å²) in [5.74, 6) is 0.915. The summed E-state index contributed by atoms with van der Waals surface area (Å²) in [5, 5.41) is 3.31. The molecule has 2 saturated heterocycles. The van der Waals surface area contributed by atoms with Crippen LogP contribution in [0.15, 0.2) is 23.2 Å². The molecule has 0 saturated carbocycles. The molecule has 0 spiro atoms. The average Bonchev–Trinajstić information content (AvgIpc) is 3.28. The quantitative estimate of drug-likeness (QED) is 0.357. The molecule has 2 heterocycles. The lowest BCUT2D eigenvalue weighted by Crippen LogP contribution is -2.57. The normalized spacial score (nSPS) is 18.7. The number of halogens is 2. The van der Waals surface area contributed by atoms with Crippen molar-refractivity contribution in [3.8, 4) is 5.75 Å². The van der Waals surface area contributed by atoms with E-state index in [1.54, 1.807) is 13.1 Å². The molecule has 30 heavy (non-hydrogen) atoms. The van der Waals surface area contributed by atoms with Crippen molar-refractivity contribution in [1.29, 1.82) is 0 Å². The Hall–Kier alpha value is -1.62. The number of carbonyl (C=O) groups is 1. The number of guanidine groups is 1. The molecule has 1 aromatic rings. The first-order chi connectivity index (χ1) is 14.0. The molecule has 1 atom stereocenters. The predicted molar refractivity (Wildman–Crippen MR) is 127 cm³/mol. The Morgan fingerprint density at radius 2 is 1.83 bits per heavy atom. The van der Waals surface area contributed by atoms with Crippen molar-refractivity contribution in [2.24, 2.45) is 4.99 Å². The SMILES string of the molecule is CN=C(NCc1ccc(OC)c(F)c1)N1CCN(C(C)C(=O)N2CCCC2)CC1.I. The number of carbonyl (C=O) groups excluding carboxylic acids is 1. The maximum atomic E-state index is 13.9. The van der Waals surface area contributed by atoms with E-state index in [0.29, 0.717) is 6.54 Å². The fraction of sp³-hybridized carbons (Fsp3) is 0.619. The smallest absolute Gasteiger partial charge is 0.239 e. The number of amides is 1. The van der Waals surface area contributed by atoms with Crippen LogP contribution in [0.25, 0.3) is 0 Å². The lowest BCUT2D eigenvalue weighted by molar-refractivity contribution is -0.135. The summed E-state index contributed by atoms with van der Waals surface area (Å²) in [7, 11) is 3.21. The van der Waals surface area contributed by atoms with Crippen molar-refractivity contribution in [2.45, 2.75) is 32.4 Å². The molecule has 3 rings (SSSR count). The number of ether oxygens (including phenoxy) is 1. The van der Waals surface area contributed by atoms with Gasteiger partial charge in [-0.2, -0.15) is 0 Å². The van der Waals surface area contributed by atoms with Gasteiger partial charge in [0.05, 0.1) is 13.2 Å². The third kappa shape index (κ3) is 5.96. The summed E-state index contributed by atoms with van der Waals surface area (Å²) in [6.45, 7) is 7.52. The van der Waals surface area contributed by atoms with Crippen molar-refractivity contribution in [1.82, 2.24) is 20.0 Å². The highest BCUT2D eigenvalue weighted by molar-refractivity contribution is 14.0. The van der Waals surface area contributed by atoms with Gasteiger partial charge < -0.3 is 19.9 Å². The second-order valence-corrected chi connectivity index (χ2v) is 7.60. The molecule has 9 heteroatoms. The molecule has 1 unspecified atom stereocenters. The summed E-state index contributed by atoms with van der Waals surface area (Å²) in [6.07, 6.45) is 2.23. The monoisotopic (exact) mass is 533 g/mol. The highest BCUT2D eigenvalue weighted by Gasteiger charge is 2.30. The van der Waals surface area contributed by atoms with Crippen LogP contribution in [0.4, 0.5) is 4.39 Å². The first kappa shape index (κ1) is 24.6. The molecule has 0 bridgehead atoms. The molecule has 2 aliphatic rings. The van der Waals surface area contributed by atoms with E-state index >= 15 is 0 Å². The Morgan fingerprint density at radius 3 is 2.40 bits per heavy atom. The topological polar surface area (TPSA) is 60.4 Å². The number of methoxy groups -OCH3 is 1. The van der Waals surface area contributed by atoms with E-state index < -0.39 is 0 Å². The Morgan fingerprint density at radius 1 is 1.17 bits per heavy atom. The van der Waals surface area contributed by atoms with Crippen molar-refractivity contribution in [2.75, 3.05) is 53.4 Å². The van der Waals surface area contributed by atoms with E-state index in [1.165, 1.54) is 13.2 Å². The number of likely N-dealkylation sites (tertiary alicyclic amines) is 1. The number of hydrogen-bond acceptors (Lipinski definition) is 4. The first-order valence-electron chi connectivity index (χ1n) is 10.3. The van der Waals surface area contributed by atoms with Gasteiger partial charge in [0.1, 0.15) is 0 Å². The van der Waals surface area contributed by atoms with Gasteiger partial charge in [0.25, 0.3) is 0 Å². The van der Waals surface area contributed by atoms with Gasteiger partial charge >= 0.3 is 0 Å². The van der Waals surface area contributed by atoms with Gasteiger partial charge in [0.2, 0.25) is 5.91 Å². The molecule has 168 valence electrons. The lowest BCUT2D eigenvalue weighted by Gasteiger charge is -2.39. The Bertz CT molecular complexity index is 734. The molecule has 2 fully saturated rings. The molecule has 1 amide bonds. The molecule has 0 radical (unpaired) electrons. The fourth-order valence-corrected chi connectivity index (χ4v) is 4.01. The zero-order valence-electron chi connectivity index (χ0n) is 18.1. The molecule has 0 aliphatic carbocycles. The van der Waals surface area contributed by atoms with Gasteiger partial charge in [-0.25, -0.2) is 4.39 Å². The van der Waals surface area contributed by atoms with E-state index in [1.807, 2.05) is 17.9 Å². The molecular formula is C21H33FIN5O2. The Kier molecular flexibility index (Phi) is 9.60. The van der Waals surface area contributed by atoms with Crippen molar-refractivity contribution in [3.05, 3.63) is 29.6 Å². The Labute approximate surface area is 195 Å². The van der Waals surface area contributed by atoms with Crippen LogP contribution >= 0.6 is 24.0 Å². The number of nitrogens with zero attached hydrogens (tertiary/aromatic N) is 4. The third-order valence-electron chi connectivity index (χ3n) is 5.82. The van der Waals surface area contributed by atoms with E-state index in [2.05, 4.69) is 20.1 Å². The second kappa shape index (κ2) is 11.7. The Balaban J connectivity index is 0.00000320. The van der Waals surface area contributed by atoms with Crippen molar-refractivity contribution in [3.63, 3.8) is 0 Å². The highest BCUT2D eigenvalue weighted by Crippen LogP contribution is 2.18. The van der Waals surface area contributed by atoms with Gasteiger partial charge in [0.15, 0.2) is 17.5 Å². The third-order valence-corrected chi connectivity index (χ3v) is 5.82. The van der Waals surface area contributed by atoms with Crippen LogP contribution in [0.5, 0.6) is 5.75 Å². The summed E-state index contributed by atoms with van der Waals surface area (Å²) in [4.78, 5) is 23.4. The van der Waals surface area contributed by atoms with Crippen LogP contribution in [0.2, 0.25) is 0 Å². The van der Waals surface area contributed by atoms with E-state index in [9.17, 15) is 9.18 Å². The van der Waals surface area contributed by atoms with Gasteiger partial charge in [0, 0.05) is 52.9 Å². The maximum absolute atomic E-state index is 13.9. The lowest BCUT2D eigenvalue weighted by atomic mass is 10.2. The molecule has 1 aromatic carbocycles. The highest BCUT2D eigenvalue weighted by atomic mass is 127. The second-order valence-electron chi connectivity index (χ2n) is 7.60. The average molecular weight is 533 g/mol. The minimum atomic E-state index is -0.368. The first-order valence-corrected chi connectivity index (χ1v) is 10.3. The fourth-order valence-electron chi connectivity index (χ4n) is 4.01. The summed E-state index contributed by atoms with van der Waals surface area (Å²) in [5.41, 5.74) is 0.827. The van der Waals surface area contributed by atoms with Crippen molar-refractivity contribution < 1.29 is 13.9 Å². The van der Waals surface area contributed by atoms with Gasteiger partial charge in [-0.15, -0.1) is 24.0 Å². The van der Waals surface area contributed by atoms with Crippen LogP contribution < -0.4 is 10.1 Å². The van der Waals surface area contributed by atoms with E-state index in [4.69, 9.17) is 4.74 Å². The van der Waals surface area contributed by atoms with Crippen LogP contribution in [-0.4, -0.2) is 86.0 Å². The van der Waals surface area contributed by atoms with E-state index in [0.717, 1.165) is 63.6 Å². The zero-order chi connectivity index (χ0) is 20.8. The summed E-state index contributed by atoms with van der Waals surface area (Å²) in [6, 6.07) is 4.87. The van der Waals surface area contributed by atoms with Gasteiger partial charge in [-0.3, -0.25) is 14.7 Å².